The lowest BCUT2D eigenvalue weighted by molar-refractivity contribution is 0.722. The molecule has 0 atom stereocenters. The summed E-state index contributed by atoms with van der Waals surface area (Å²) in [5, 5.41) is 6.97. The van der Waals surface area contributed by atoms with Crippen LogP contribution in [-0.4, -0.2) is 24.5 Å². The molecule has 0 saturated heterocycles. The molecule has 0 fully saturated rings. The molecule has 0 bridgehead atoms. The second-order valence-corrected chi connectivity index (χ2v) is 24.8. The molecule has 7 heteroatoms. The highest BCUT2D eigenvalue weighted by atomic mass is 15.2. The largest absolute Gasteiger partial charge is 0.310 e. The minimum absolute atomic E-state index is 0.729. The number of nitrogens with zero attached hydrogens (tertiary/aromatic N) is 7. The molecule has 438 valence electrons. The molecule has 0 aliphatic carbocycles. The van der Waals surface area contributed by atoms with Crippen LogP contribution in [0.15, 0.2) is 323 Å². The quantitative estimate of drug-likeness (QED) is 0.134. The zero-order chi connectivity index (χ0) is 61.8. The van der Waals surface area contributed by atoms with Crippen LogP contribution in [0.4, 0.5) is 34.1 Å². The monoisotopic (exact) mass is 1190 g/mol. The molecule has 5 aromatic heterocycles. The van der Waals surface area contributed by atoms with Crippen LogP contribution in [0.5, 0.6) is 0 Å². The van der Waals surface area contributed by atoms with Crippen molar-refractivity contribution in [3.05, 3.63) is 378 Å². The predicted molar refractivity (Wildman–Crippen MR) is 380 cm³/mol. The summed E-state index contributed by atoms with van der Waals surface area (Å²) in [6, 6.07) is 101. The number of rotatable bonds is 9. The van der Waals surface area contributed by atoms with Crippen molar-refractivity contribution in [3.8, 4) is 27.9 Å². The number of hydrogen-bond acceptors (Lipinski definition) is 6. The van der Waals surface area contributed by atoms with Gasteiger partial charge in [-0.05, 0) is 210 Å². The normalized spacial score (nSPS) is 13.6. The lowest BCUT2D eigenvalue weighted by Gasteiger charge is -2.46. The van der Waals surface area contributed by atoms with Gasteiger partial charge in [0, 0.05) is 77.4 Å². The maximum absolute atomic E-state index is 4.90. The van der Waals surface area contributed by atoms with E-state index in [0.717, 1.165) is 128 Å². The molecular formula is C86H59N7. The molecule has 0 saturated carbocycles. The fourth-order valence-electron chi connectivity index (χ4n) is 15.9. The zero-order valence-corrected chi connectivity index (χ0v) is 51.2. The summed E-state index contributed by atoms with van der Waals surface area (Å²) >= 11 is 0. The van der Waals surface area contributed by atoms with Crippen molar-refractivity contribution in [2.75, 3.05) is 9.80 Å². The number of pyridine rings is 4. The third-order valence-corrected chi connectivity index (χ3v) is 19.6. The fraction of sp³-hybridized carbons (Fsp3) is 0.0465. The molecule has 7 nitrogen and oxygen atoms in total. The molecular weight excluding hydrogens is 1130 g/mol. The van der Waals surface area contributed by atoms with Crippen molar-refractivity contribution >= 4 is 77.5 Å². The van der Waals surface area contributed by atoms with E-state index in [9.17, 15) is 0 Å². The first-order valence-corrected chi connectivity index (χ1v) is 31.8. The van der Waals surface area contributed by atoms with E-state index < -0.39 is 10.8 Å². The van der Waals surface area contributed by atoms with Gasteiger partial charge in [-0.25, -0.2) is 0 Å². The van der Waals surface area contributed by atoms with E-state index in [-0.39, 0.29) is 0 Å². The Bertz CT molecular complexity index is 5500. The van der Waals surface area contributed by atoms with Crippen LogP contribution in [0.1, 0.15) is 55.6 Å². The Labute approximate surface area is 539 Å². The van der Waals surface area contributed by atoms with Crippen LogP contribution in [0.3, 0.4) is 0 Å². The summed E-state index contributed by atoms with van der Waals surface area (Å²) in [6.45, 7) is 4.39. The van der Waals surface area contributed by atoms with Crippen molar-refractivity contribution in [2.24, 2.45) is 0 Å². The van der Waals surface area contributed by atoms with Crippen molar-refractivity contribution in [3.63, 3.8) is 0 Å². The topological polar surface area (TPSA) is 63.0 Å². The molecule has 11 aromatic carbocycles. The molecule has 0 spiro atoms. The summed E-state index contributed by atoms with van der Waals surface area (Å²) < 4.78 is 2.47. The van der Waals surface area contributed by atoms with Crippen LogP contribution >= 0.6 is 0 Å². The van der Waals surface area contributed by atoms with E-state index in [1.54, 1.807) is 0 Å². The molecule has 7 heterocycles. The highest BCUT2D eigenvalue weighted by molar-refractivity contribution is 6.13. The molecule has 16 aromatic rings. The molecule has 0 radical (unpaired) electrons. The highest BCUT2D eigenvalue weighted by Crippen LogP contribution is 2.61. The van der Waals surface area contributed by atoms with Gasteiger partial charge in [0.25, 0.3) is 0 Å². The highest BCUT2D eigenvalue weighted by Gasteiger charge is 2.49. The van der Waals surface area contributed by atoms with Gasteiger partial charge < -0.3 is 14.4 Å². The smallest absolute Gasteiger partial charge is 0.0772 e. The number of hydrogen-bond donors (Lipinski definition) is 0. The first kappa shape index (κ1) is 53.9. The van der Waals surface area contributed by atoms with E-state index in [1.807, 2.05) is 49.3 Å². The van der Waals surface area contributed by atoms with Crippen LogP contribution in [0, 0.1) is 13.8 Å². The van der Waals surface area contributed by atoms with Gasteiger partial charge in [-0.15, -0.1) is 0 Å². The maximum atomic E-state index is 4.90. The molecule has 18 rings (SSSR count). The summed E-state index contributed by atoms with van der Waals surface area (Å²) in [7, 11) is 0. The number of aryl methyl sites for hydroxylation is 2. The average Bonchev–Trinajstić information content (AvgIpc) is 1.19. The molecule has 0 amide bonds. The van der Waals surface area contributed by atoms with Gasteiger partial charge in [-0.1, -0.05) is 176 Å². The lowest BCUT2D eigenvalue weighted by Crippen LogP contribution is -2.38. The van der Waals surface area contributed by atoms with Crippen LogP contribution in [0.25, 0.3) is 71.3 Å². The van der Waals surface area contributed by atoms with E-state index in [4.69, 9.17) is 19.9 Å². The van der Waals surface area contributed by atoms with Gasteiger partial charge in [0.2, 0.25) is 0 Å². The first-order valence-electron chi connectivity index (χ1n) is 31.8. The van der Waals surface area contributed by atoms with E-state index in [0.29, 0.717) is 0 Å². The molecule has 0 N–H and O–H groups in total. The zero-order valence-electron chi connectivity index (χ0n) is 51.2. The number of para-hydroxylation sites is 2. The Morgan fingerprint density at radius 3 is 1.24 bits per heavy atom. The van der Waals surface area contributed by atoms with E-state index >= 15 is 0 Å². The summed E-state index contributed by atoms with van der Waals surface area (Å²) in [5.74, 6) is 0. The minimum Gasteiger partial charge on any atom is -0.310 e. The second-order valence-electron chi connectivity index (χ2n) is 24.8. The Hall–Kier alpha value is -12.1. The number of anilines is 6. The predicted octanol–water partition coefficient (Wildman–Crippen LogP) is 21.0. The Balaban J connectivity index is 0.862. The van der Waals surface area contributed by atoms with E-state index in [2.05, 4.69) is 301 Å². The minimum atomic E-state index is -0.849. The number of fused-ring (bicyclic) bond motifs is 10. The van der Waals surface area contributed by atoms with Gasteiger partial charge in [0.15, 0.2) is 0 Å². The van der Waals surface area contributed by atoms with Crippen molar-refractivity contribution < 1.29 is 0 Å². The fourth-order valence-corrected chi connectivity index (χ4v) is 15.9. The van der Waals surface area contributed by atoms with Crippen LogP contribution < -0.4 is 9.80 Å². The van der Waals surface area contributed by atoms with Gasteiger partial charge in [0.05, 0.1) is 44.6 Å². The van der Waals surface area contributed by atoms with E-state index in [1.165, 1.54) is 32.7 Å². The van der Waals surface area contributed by atoms with Gasteiger partial charge >= 0.3 is 0 Å². The number of aromatic nitrogens is 5. The van der Waals surface area contributed by atoms with Crippen LogP contribution in [0.2, 0.25) is 0 Å². The van der Waals surface area contributed by atoms with Crippen molar-refractivity contribution in [2.45, 2.75) is 24.7 Å². The third-order valence-electron chi connectivity index (χ3n) is 19.6. The first-order chi connectivity index (χ1) is 45.9. The van der Waals surface area contributed by atoms with Gasteiger partial charge in [-0.2, -0.15) is 0 Å². The summed E-state index contributed by atoms with van der Waals surface area (Å²) in [5.41, 5.74) is 24.1. The molecule has 0 unspecified atom stereocenters. The molecule has 93 heavy (non-hydrogen) atoms. The van der Waals surface area contributed by atoms with Crippen molar-refractivity contribution in [1.29, 1.82) is 0 Å². The Morgan fingerprint density at radius 1 is 0.269 bits per heavy atom. The number of benzene rings is 11. The van der Waals surface area contributed by atoms with Gasteiger partial charge in [-0.3, -0.25) is 19.9 Å². The average molecular weight is 1190 g/mol. The Morgan fingerprint density at radius 2 is 0.720 bits per heavy atom. The third kappa shape index (κ3) is 8.23. The summed E-state index contributed by atoms with van der Waals surface area (Å²) in [6.07, 6.45) is 15.6. The van der Waals surface area contributed by atoms with Crippen LogP contribution in [-0.2, 0) is 10.8 Å². The lowest BCUT2D eigenvalue weighted by atomic mass is 9.62. The maximum Gasteiger partial charge on any atom is 0.0772 e. The van der Waals surface area contributed by atoms with Crippen molar-refractivity contribution in [1.82, 2.24) is 24.5 Å². The molecule has 2 aliphatic heterocycles. The summed E-state index contributed by atoms with van der Waals surface area (Å²) in [4.78, 5) is 24.3. The molecule has 2 aliphatic rings. The Kier molecular flexibility index (Phi) is 12.3. The second kappa shape index (κ2) is 21.3. The standard InChI is InChI=1S/C86H59N7/c1-56-43-57(2)45-70(44-56)93-79-27-11-9-25-73(79)74-50-78-84(51-81(74)93)92(83-49-61(59-19-7-4-8-20-59)32-38-77(83)86(78,66-23-15-41-89-54-66)67-24-16-42-90-55-67)69-34-36-72-63(47-69)30-29-62-46-68(33-35-71(62)72)91-80-28-12-10-26-75(80)85(64-21-13-39-87-52-64,65-22-14-40-88-53-65)76-37-31-60(48-82(76)91)58-17-5-3-6-18-58/h3-55H,1-2H3. The SMILES string of the molecule is Cc1cc(C)cc(-n2c3ccccc3c3cc4c(cc32)N(c2ccc3c(ccc5cc(N6c7ccccc7C(c7cccnc7)(c7cccnc7)c7ccc(-c8ccccc8)cc76)ccc53)c2)c2cc(-c3ccccc3)ccc2C4(c2cccnc2)c2cccnc2)c1. The van der Waals surface area contributed by atoms with Gasteiger partial charge in [0.1, 0.15) is 0 Å².